The Morgan fingerprint density at radius 2 is 1.47 bits per heavy atom. The van der Waals surface area contributed by atoms with Gasteiger partial charge in [-0.1, -0.05) is 36.4 Å². The van der Waals surface area contributed by atoms with Crippen molar-refractivity contribution in [2.45, 2.75) is 0 Å². The summed E-state index contributed by atoms with van der Waals surface area (Å²) >= 11 is 0. The highest BCUT2D eigenvalue weighted by molar-refractivity contribution is 5.70. The largest absolute Gasteiger partial charge is 1.00 e. The van der Waals surface area contributed by atoms with E-state index in [1.54, 1.807) is 0 Å². The number of halogens is 1. The maximum Gasteiger partial charge on any atom is 0.346 e. The fourth-order valence-corrected chi connectivity index (χ4v) is 2.82. The monoisotopic (exact) mass is 424 g/mol. The van der Waals surface area contributed by atoms with Crippen LogP contribution in [0.3, 0.4) is 0 Å². The van der Waals surface area contributed by atoms with Crippen molar-refractivity contribution in [2.24, 2.45) is 0 Å². The molecule has 0 fully saturated rings. The van der Waals surface area contributed by atoms with Crippen LogP contribution in [0, 0.1) is 20.2 Å². The fraction of sp³-hybridized carbons (Fsp3) is 0. The summed E-state index contributed by atoms with van der Waals surface area (Å²) in [6, 6.07) is 21.7. The zero-order valence-electron chi connectivity index (χ0n) is 15.2. The van der Waals surface area contributed by atoms with Crippen molar-refractivity contribution >= 4 is 11.4 Å². The van der Waals surface area contributed by atoms with Crippen LogP contribution in [0.5, 0.6) is 0 Å². The van der Waals surface area contributed by atoms with E-state index in [2.05, 4.69) is 10.2 Å². The lowest BCUT2D eigenvalue weighted by Crippen LogP contribution is -3.00. The van der Waals surface area contributed by atoms with Crippen molar-refractivity contribution in [3.05, 3.63) is 99.1 Å². The number of hydrogen-bond acceptors (Lipinski definition) is 6. The van der Waals surface area contributed by atoms with E-state index in [4.69, 9.17) is 0 Å². The summed E-state index contributed by atoms with van der Waals surface area (Å²) in [7, 11) is 0. The van der Waals surface area contributed by atoms with Gasteiger partial charge in [0.15, 0.2) is 5.69 Å². The summed E-state index contributed by atoms with van der Waals surface area (Å²) in [5.74, 6) is 0.0688. The molecule has 1 heterocycles. The number of aromatic nitrogens is 4. The van der Waals surface area contributed by atoms with Gasteiger partial charge in [-0.3, -0.25) is 20.2 Å². The smallest absolute Gasteiger partial charge is 0.346 e. The first-order valence-electron chi connectivity index (χ1n) is 8.48. The first kappa shape index (κ1) is 20.6. The van der Waals surface area contributed by atoms with E-state index in [0.717, 1.165) is 6.07 Å². The second-order valence-electron chi connectivity index (χ2n) is 5.99. The quantitative estimate of drug-likeness (QED) is 0.253. The van der Waals surface area contributed by atoms with Gasteiger partial charge in [0, 0.05) is 10.9 Å². The lowest BCUT2D eigenvalue weighted by molar-refractivity contribution is -0.734. The van der Waals surface area contributed by atoms with Gasteiger partial charge in [-0.05, 0) is 40.2 Å². The van der Waals surface area contributed by atoms with Gasteiger partial charge in [0.1, 0.15) is 11.3 Å². The summed E-state index contributed by atoms with van der Waals surface area (Å²) in [5, 5.41) is 31.4. The van der Waals surface area contributed by atoms with Gasteiger partial charge in [-0.15, -0.1) is 0 Å². The maximum atomic E-state index is 11.5. The lowest BCUT2D eigenvalue weighted by atomic mass is 10.1. The summed E-state index contributed by atoms with van der Waals surface area (Å²) in [6.45, 7) is 0. The Kier molecular flexibility index (Phi) is 5.79. The molecule has 0 aliphatic rings. The highest BCUT2D eigenvalue weighted by Gasteiger charge is 2.30. The van der Waals surface area contributed by atoms with Crippen molar-refractivity contribution in [2.75, 3.05) is 0 Å². The third kappa shape index (κ3) is 3.84. The Hall–Kier alpha value is -4.18. The van der Waals surface area contributed by atoms with Crippen LogP contribution in [0.4, 0.5) is 11.4 Å². The summed E-state index contributed by atoms with van der Waals surface area (Å²) in [5.41, 5.74) is 0.655. The summed E-state index contributed by atoms with van der Waals surface area (Å²) < 4.78 is 0. The van der Waals surface area contributed by atoms with Crippen LogP contribution in [0.1, 0.15) is 0 Å². The number of rotatable bonds is 5. The van der Waals surface area contributed by atoms with Gasteiger partial charge < -0.3 is 12.4 Å². The minimum Gasteiger partial charge on any atom is -1.00 e. The topological polar surface area (TPSA) is 121 Å². The first-order chi connectivity index (χ1) is 14.0. The van der Waals surface area contributed by atoms with Crippen LogP contribution in [-0.4, -0.2) is 24.8 Å². The van der Waals surface area contributed by atoms with Crippen LogP contribution < -0.4 is 17.2 Å². The van der Waals surface area contributed by atoms with Crippen LogP contribution in [0.25, 0.3) is 22.8 Å². The molecule has 0 unspecified atom stereocenters. The van der Waals surface area contributed by atoms with Gasteiger partial charge in [0.05, 0.1) is 21.0 Å². The van der Waals surface area contributed by atoms with Crippen molar-refractivity contribution in [3.8, 4) is 22.8 Å². The molecule has 30 heavy (non-hydrogen) atoms. The molecular formula is C19H13ClN6O4. The van der Waals surface area contributed by atoms with Crippen LogP contribution in [0.15, 0.2) is 78.9 Å². The molecule has 1 aromatic heterocycles. The number of benzene rings is 3. The number of hydrogen-bond donors (Lipinski definition) is 0. The molecule has 4 rings (SSSR count). The Morgan fingerprint density at radius 1 is 0.833 bits per heavy atom. The highest BCUT2D eigenvalue weighted by Crippen LogP contribution is 2.30. The Balaban J connectivity index is 0.00000256. The SMILES string of the molecule is O=[N+]([O-])c1ccc(-c2nn(-c3ccccc3)[n+](-c3ccccc3)n2)c([N+](=O)[O-])c1.[Cl-]. The molecule has 0 radical (unpaired) electrons. The fourth-order valence-electron chi connectivity index (χ4n) is 2.82. The van der Waals surface area contributed by atoms with Crippen LogP contribution in [-0.2, 0) is 0 Å². The van der Waals surface area contributed by atoms with Gasteiger partial charge in [-0.25, -0.2) is 0 Å². The molecule has 0 aliphatic carbocycles. The maximum absolute atomic E-state index is 11.5. The van der Waals surface area contributed by atoms with E-state index < -0.39 is 15.5 Å². The molecule has 11 heteroatoms. The lowest BCUT2D eigenvalue weighted by Gasteiger charge is -1.98. The van der Waals surface area contributed by atoms with E-state index in [-0.39, 0.29) is 29.5 Å². The number of para-hydroxylation sites is 2. The predicted molar refractivity (Wildman–Crippen MR) is 102 cm³/mol. The van der Waals surface area contributed by atoms with Crippen molar-refractivity contribution < 1.29 is 27.1 Å². The van der Waals surface area contributed by atoms with E-state index in [1.807, 2.05) is 60.7 Å². The van der Waals surface area contributed by atoms with E-state index >= 15 is 0 Å². The number of tetrazole rings is 1. The van der Waals surface area contributed by atoms with Crippen molar-refractivity contribution in [1.29, 1.82) is 0 Å². The van der Waals surface area contributed by atoms with Crippen molar-refractivity contribution in [1.82, 2.24) is 15.0 Å². The molecule has 0 bridgehead atoms. The highest BCUT2D eigenvalue weighted by atomic mass is 35.5. The normalized spacial score (nSPS) is 10.3. The van der Waals surface area contributed by atoms with Crippen LogP contribution in [0.2, 0.25) is 0 Å². The van der Waals surface area contributed by atoms with E-state index in [9.17, 15) is 20.2 Å². The molecule has 3 aromatic carbocycles. The number of non-ortho nitro benzene ring substituents is 1. The molecular weight excluding hydrogens is 412 g/mol. The first-order valence-corrected chi connectivity index (χ1v) is 8.48. The van der Waals surface area contributed by atoms with Crippen LogP contribution >= 0.6 is 0 Å². The number of nitro groups is 2. The molecule has 10 nitrogen and oxygen atoms in total. The average molecular weight is 425 g/mol. The van der Waals surface area contributed by atoms with Crippen molar-refractivity contribution in [3.63, 3.8) is 0 Å². The number of nitro benzene ring substituents is 2. The summed E-state index contributed by atoms with van der Waals surface area (Å²) in [6.07, 6.45) is 0. The minimum absolute atomic E-state index is 0. The molecule has 0 amide bonds. The molecule has 0 spiro atoms. The Labute approximate surface area is 175 Å². The molecule has 0 saturated heterocycles. The molecule has 0 aliphatic heterocycles. The minimum atomic E-state index is -0.684. The van der Waals surface area contributed by atoms with Gasteiger partial charge in [-0.2, -0.15) is 0 Å². The molecule has 4 aromatic rings. The van der Waals surface area contributed by atoms with E-state index in [0.29, 0.717) is 11.4 Å². The molecule has 0 atom stereocenters. The Morgan fingerprint density at radius 3 is 2.07 bits per heavy atom. The van der Waals surface area contributed by atoms with E-state index in [1.165, 1.54) is 21.7 Å². The van der Waals surface area contributed by atoms with Gasteiger partial charge >= 0.3 is 5.82 Å². The Bertz CT molecular complexity index is 1160. The molecule has 0 N–H and O–H groups in total. The molecule has 150 valence electrons. The molecule has 0 saturated carbocycles. The predicted octanol–water partition coefficient (Wildman–Crippen LogP) is 0.0314. The second kappa shape index (κ2) is 8.45. The third-order valence-corrected chi connectivity index (χ3v) is 4.16. The number of nitrogens with zero attached hydrogens (tertiary/aromatic N) is 6. The zero-order chi connectivity index (χ0) is 20.4. The summed E-state index contributed by atoms with van der Waals surface area (Å²) in [4.78, 5) is 24.2. The standard InChI is InChI=1S/C19H13N6O4.ClH/c26-24(27)16-11-12-17(18(13-16)25(28)29)19-20-22(14-7-3-1-4-8-14)23(21-19)15-9-5-2-6-10-15;/h1-13H;1H/q+1;/p-1. The zero-order valence-corrected chi connectivity index (χ0v) is 16.0. The van der Waals surface area contributed by atoms with Gasteiger partial charge in [0.25, 0.3) is 11.4 Å². The second-order valence-corrected chi connectivity index (χ2v) is 5.99. The van der Waals surface area contributed by atoms with Gasteiger partial charge in [0.2, 0.25) is 0 Å². The third-order valence-electron chi connectivity index (χ3n) is 4.16. The average Bonchev–Trinajstić information content (AvgIpc) is 3.20.